The molecule has 5 nitrogen and oxygen atoms in total. The minimum Gasteiger partial charge on any atom is -0.370 e. The number of aromatic nitrogens is 4. The van der Waals surface area contributed by atoms with E-state index in [-0.39, 0.29) is 5.41 Å². The molecule has 0 bridgehead atoms. The van der Waals surface area contributed by atoms with Crippen molar-refractivity contribution in [3.8, 4) is 11.5 Å². The molecule has 0 atom stereocenters. The summed E-state index contributed by atoms with van der Waals surface area (Å²) < 4.78 is 1.99. The molecule has 21 heavy (non-hydrogen) atoms. The van der Waals surface area contributed by atoms with Crippen molar-refractivity contribution in [1.29, 1.82) is 0 Å². The Labute approximate surface area is 126 Å². The van der Waals surface area contributed by atoms with Crippen LogP contribution in [-0.2, 0) is 12.5 Å². The highest BCUT2D eigenvalue weighted by molar-refractivity contribution is 5.63. The first-order valence-corrected chi connectivity index (χ1v) is 7.45. The number of anilines is 1. The van der Waals surface area contributed by atoms with Gasteiger partial charge in [0.1, 0.15) is 17.3 Å². The number of aryl methyl sites for hydroxylation is 1. The highest BCUT2D eigenvalue weighted by Gasteiger charge is 2.22. The van der Waals surface area contributed by atoms with E-state index < -0.39 is 0 Å². The third kappa shape index (κ3) is 3.23. The Morgan fingerprint density at radius 2 is 1.95 bits per heavy atom. The van der Waals surface area contributed by atoms with Gasteiger partial charge in [0.25, 0.3) is 0 Å². The molecule has 0 amide bonds. The Kier molecular flexibility index (Phi) is 4.30. The molecular formula is C16H25N5. The molecule has 0 unspecified atom stereocenters. The molecule has 1 N–H and O–H groups in total. The SMILES string of the molecule is CCCNc1nc(C(C)(C)C)nc(-c2nccn2C)c1C. The van der Waals surface area contributed by atoms with Crippen molar-refractivity contribution in [2.75, 3.05) is 11.9 Å². The summed E-state index contributed by atoms with van der Waals surface area (Å²) >= 11 is 0. The van der Waals surface area contributed by atoms with Crippen LogP contribution in [0, 0.1) is 6.92 Å². The molecule has 0 aliphatic carbocycles. The number of hydrogen-bond acceptors (Lipinski definition) is 4. The Morgan fingerprint density at radius 1 is 1.24 bits per heavy atom. The summed E-state index contributed by atoms with van der Waals surface area (Å²) in [4.78, 5) is 13.9. The highest BCUT2D eigenvalue weighted by Crippen LogP contribution is 2.28. The topological polar surface area (TPSA) is 55.6 Å². The van der Waals surface area contributed by atoms with Gasteiger partial charge in [-0.1, -0.05) is 27.7 Å². The third-order valence-electron chi connectivity index (χ3n) is 3.39. The Morgan fingerprint density at radius 3 is 2.48 bits per heavy atom. The van der Waals surface area contributed by atoms with E-state index >= 15 is 0 Å². The smallest absolute Gasteiger partial charge is 0.158 e. The van der Waals surface area contributed by atoms with Gasteiger partial charge in [-0.25, -0.2) is 15.0 Å². The molecule has 0 aliphatic heterocycles. The van der Waals surface area contributed by atoms with Crippen molar-refractivity contribution >= 4 is 5.82 Å². The van der Waals surface area contributed by atoms with Crippen molar-refractivity contribution in [3.05, 3.63) is 23.8 Å². The maximum Gasteiger partial charge on any atom is 0.158 e. The first-order valence-electron chi connectivity index (χ1n) is 7.45. The van der Waals surface area contributed by atoms with Crippen molar-refractivity contribution in [2.24, 2.45) is 7.05 Å². The molecular weight excluding hydrogens is 262 g/mol. The van der Waals surface area contributed by atoms with Crippen LogP contribution >= 0.6 is 0 Å². The summed E-state index contributed by atoms with van der Waals surface area (Å²) in [5, 5.41) is 3.41. The zero-order chi connectivity index (χ0) is 15.6. The van der Waals surface area contributed by atoms with Gasteiger partial charge < -0.3 is 9.88 Å². The minimum absolute atomic E-state index is 0.101. The van der Waals surface area contributed by atoms with E-state index in [1.165, 1.54) is 0 Å². The van der Waals surface area contributed by atoms with Crippen molar-refractivity contribution in [2.45, 2.75) is 46.5 Å². The second-order valence-corrected chi connectivity index (χ2v) is 6.41. The Balaban J connectivity index is 2.60. The number of nitrogens with zero attached hydrogens (tertiary/aromatic N) is 4. The maximum atomic E-state index is 4.78. The van der Waals surface area contributed by atoms with E-state index in [4.69, 9.17) is 9.97 Å². The number of nitrogens with one attached hydrogen (secondary N) is 1. The van der Waals surface area contributed by atoms with Gasteiger partial charge >= 0.3 is 0 Å². The van der Waals surface area contributed by atoms with E-state index in [1.54, 1.807) is 6.20 Å². The fraction of sp³-hybridized carbons (Fsp3) is 0.562. The van der Waals surface area contributed by atoms with Gasteiger partial charge in [-0.15, -0.1) is 0 Å². The van der Waals surface area contributed by atoms with E-state index in [2.05, 4.69) is 44.9 Å². The quantitative estimate of drug-likeness (QED) is 0.937. The van der Waals surface area contributed by atoms with Crippen LogP contribution < -0.4 is 5.32 Å². The molecule has 0 saturated heterocycles. The van der Waals surface area contributed by atoms with Gasteiger partial charge in [-0.3, -0.25) is 0 Å². The van der Waals surface area contributed by atoms with Crippen molar-refractivity contribution in [3.63, 3.8) is 0 Å². The summed E-state index contributed by atoms with van der Waals surface area (Å²) in [6.07, 6.45) is 4.80. The zero-order valence-corrected chi connectivity index (χ0v) is 13.9. The van der Waals surface area contributed by atoms with Crippen molar-refractivity contribution in [1.82, 2.24) is 19.5 Å². The second kappa shape index (κ2) is 5.84. The van der Waals surface area contributed by atoms with E-state index in [0.29, 0.717) is 0 Å². The van der Waals surface area contributed by atoms with Gasteiger partial charge in [0.15, 0.2) is 5.82 Å². The largest absolute Gasteiger partial charge is 0.370 e. The molecule has 0 fully saturated rings. The van der Waals surface area contributed by atoms with Gasteiger partial charge in [0, 0.05) is 37.0 Å². The van der Waals surface area contributed by atoms with Gasteiger partial charge in [-0.2, -0.15) is 0 Å². The average Bonchev–Trinajstić information content (AvgIpc) is 2.82. The molecule has 0 aliphatic rings. The molecule has 0 spiro atoms. The van der Waals surface area contributed by atoms with E-state index in [1.807, 2.05) is 17.8 Å². The van der Waals surface area contributed by atoms with Crippen molar-refractivity contribution < 1.29 is 0 Å². The first-order chi connectivity index (χ1) is 9.84. The summed E-state index contributed by atoms with van der Waals surface area (Å²) in [6, 6.07) is 0. The maximum absolute atomic E-state index is 4.78. The van der Waals surface area contributed by atoms with Crippen LogP contribution in [0.2, 0.25) is 0 Å². The lowest BCUT2D eigenvalue weighted by atomic mass is 9.95. The van der Waals surface area contributed by atoms with Gasteiger partial charge in [0.05, 0.1) is 0 Å². The fourth-order valence-corrected chi connectivity index (χ4v) is 2.08. The van der Waals surface area contributed by atoms with Crippen LogP contribution in [0.5, 0.6) is 0 Å². The molecule has 0 aromatic carbocycles. The van der Waals surface area contributed by atoms with Crippen LogP contribution in [0.25, 0.3) is 11.5 Å². The van der Waals surface area contributed by atoms with Crippen LogP contribution in [0.15, 0.2) is 12.4 Å². The summed E-state index contributed by atoms with van der Waals surface area (Å²) in [5.41, 5.74) is 1.85. The Bertz CT molecular complexity index is 622. The van der Waals surface area contributed by atoms with Gasteiger partial charge in [-0.05, 0) is 13.3 Å². The molecule has 0 radical (unpaired) electrons. The first kappa shape index (κ1) is 15.5. The summed E-state index contributed by atoms with van der Waals surface area (Å²) in [5.74, 6) is 2.62. The standard InChI is InChI=1S/C16H25N5/c1-7-8-17-13-11(2)12(14-18-9-10-21(14)6)19-15(20-13)16(3,4)5/h9-10H,7-8H2,1-6H3,(H,17,19,20). The minimum atomic E-state index is -0.101. The van der Waals surface area contributed by atoms with Crippen LogP contribution in [-0.4, -0.2) is 26.1 Å². The molecule has 2 aromatic heterocycles. The number of hydrogen-bond donors (Lipinski definition) is 1. The van der Waals surface area contributed by atoms with E-state index in [0.717, 1.165) is 41.7 Å². The number of imidazole rings is 1. The molecule has 0 saturated carbocycles. The number of rotatable bonds is 4. The summed E-state index contributed by atoms with van der Waals surface area (Å²) in [6.45, 7) is 11.5. The highest BCUT2D eigenvalue weighted by atomic mass is 15.1. The predicted octanol–water partition coefficient (Wildman–Crippen LogP) is 3.30. The Hall–Kier alpha value is -1.91. The fourth-order valence-electron chi connectivity index (χ4n) is 2.08. The monoisotopic (exact) mass is 287 g/mol. The molecule has 2 rings (SSSR count). The lowest BCUT2D eigenvalue weighted by Crippen LogP contribution is -2.19. The normalized spacial score (nSPS) is 11.7. The molecule has 2 aromatic rings. The van der Waals surface area contributed by atoms with Gasteiger partial charge in [0.2, 0.25) is 0 Å². The van der Waals surface area contributed by atoms with Crippen LogP contribution in [0.4, 0.5) is 5.82 Å². The molecule has 114 valence electrons. The van der Waals surface area contributed by atoms with E-state index in [9.17, 15) is 0 Å². The zero-order valence-electron chi connectivity index (χ0n) is 13.9. The third-order valence-corrected chi connectivity index (χ3v) is 3.39. The van der Waals surface area contributed by atoms with Crippen LogP contribution in [0.1, 0.15) is 45.5 Å². The lowest BCUT2D eigenvalue weighted by molar-refractivity contribution is 0.545. The second-order valence-electron chi connectivity index (χ2n) is 6.41. The lowest BCUT2D eigenvalue weighted by Gasteiger charge is -2.20. The molecule has 5 heteroatoms. The average molecular weight is 287 g/mol. The molecule has 2 heterocycles. The van der Waals surface area contributed by atoms with Crippen LogP contribution in [0.3, 0.4) is 0 Å². The summed E-state index contributed by atoms with van der Waals surface area (Å²) in [7, 11) is 1.99. The predicted molar refractivity (Wildman–Crippen MR) is 86.5 cm³/mol.